The van der Waals surface area contributed by atoms with Crippen molar-refractivity contribution in [3.8, 4) is 11.1 Å². The summed E-state index contributed by atoms with van der Waals surface area (Å²) < 4.78 is 38.4. The second-order valence-corrected chi connectivity index (χ2v) is 5.97. The molecule has 2 nitrogen and oxygen atoms in total. The van der Waals surface area contributed by atoms with Crippen molar-refractivity contribution in [1.29, 1.82) is 0 Å². The molecule has 0 N–H and O–H groups in total. The second-order valence-electron chi connectivity index (χ2n) is 5.97. The molecule has 0 fully saturated rings. The number of hydrogen-bond donors (Lipinski definition) is 0. The number of halogens is 3. The molecule has 0 aliphatic carbocycles. The van der Waals surface area contributed by atoms with Crippen LogP contribution in [0.1, 0.15) is 11.1 Å². The van der Waals surface area contributed by atoms with E-state index in [0.29, 0.717) is 6.61 Å². The Kier molecular flexibility index (Phi) is 4.79. The Morgan fingerprint density at radius 2 is 1.56 bits per heavy atom. The maximum Gasteiger partial charge on any atom is 0.416 e. The third-order valence-corrected chi connectivity index (χ3v) is 4.03. The predicted molar refractivity (Wildman–Crippen MR) is 92.9 cm³/mol. The van der Waals surface area contributed by atoms with Crippen LogP contribution >= 0.6 is 0 Å². The molecule has 0 heterocycles. The highest BCUT2D eigenvalue weighted by Gasteiger charge is 2.30. The van der Waals surface area contributed by atoms with Gasteiger partial charge in [-0.2, -0.15) is 18.2 Å². The van der Waals surface area contributed by atoms with Gasteiger partial charge in [-0.05, 0) is 39.6 Å². The van der Waals surface area contributed by atoms with E-state index in [1.807, 2.05) is 36.4 Å². The molecule has 0 aliphatic heterocycles. The van der Waals surface area contributed by atoms with Gasteiger partial charge in [0.25, 0.3) is 0 Å². The number of nitrogens with zero attached hydrogens (tertiary/aromatic N) is 1. The standard InChI is InChI=1S/C20H18F3NO/c1-24(2)25-13-19-17-6-4-3-5-14(17)9-12-18(19)15-7-10-16(11-8-15)20(21,22)23/h3-12H,13H2,1-2H3. The fourth-order valence-corrected chi connectivity index (χ4v) is 2.79. The lowest BCUT2D eigenvalue weighted by Gasteiger charge is -2.17. The van der Waals surface area contributed by atoms with Crippen LogP contribution in [0.15, 0.2) is 60.7 Å². The molecule has 0 saturated heterocycles. The Morgan fingerprint density at radius 3 is 2.20 bits per heavy atom. The second kappa shape index (κ2) is 6.86. The summed E-state index contributed by atoms with van der Waals surface area (Å²) >= 11 is 0. The largest absolute Gasteiger partial charge is 0.416 e. The molecule has 0 radical (unpaired) electrons. The van der Waals surface area contributed by atoms with Crippen LogP contribution in [0, 0.1) is 0 Å². The van der Waals surface area contributed by atoms with Gasteiger partial charge in [0.2, 0.25) is 0 Å². The van der Waals surface area contributed by atoms with Crippen LogP contribution in [0.3, 0.4) is 0 Å². The van der Waals surface area contributed by atoms with Crippen molar-refractivity contribution in [3.63, 3.8) is 0 Å². The molecule has 0 aromatic heterocycles. The molecule has 3 aromatic rings. The first-order chi connectivity index (χ1) is 11.9. The summed E-state index contributed by atoms with van der Waals surface area (Å²) in [4.78, 5) is 5.63. The highest BCUT2D eigenvalue weighted by atomic mass is 19.4. The summed E-state index contributed by atoms with van der Waals surface area (Å²) in [5.41, 5.74) is 1.90. The van der Waals surface area contributed by atoms with Crippen molar-refractivity contribution in [2.24, 2.45) is 0 Å². The van der Waals surface area contributed by atoms with Crippen molar-refractivity contribution in [2.45, 2.75) is 12.8 Å². The third kappa shape index (κ3) is 3.83. The van der Waals surface area contributed by atoms with Gasteiger partial charge in [0.05, 0.1) is 12.2 Å². The van der Waals surface area contributed by atoms with E-state index in [1.165, 1.54) is 12.1 Å². The van der Waals surface area contributed by atoms with Gasteiger partial charge >= 0.3 is 6.18 Å². The summed E-state index contributed by atoms with van der Waals surface area (Å²) in [7, 11) is 3.59. The smallest absolute Gasteiger partial charge is 0.295 e. The molecule has 0 aliphatic rings. The molecule has 0 saturated carbocycles. The van der Waals surface area contributed by atoms with Crippen LogP contribution in [0.5, 0.6) is 0 Å². The van der Waals surface area contributed by atoms with Gasteiger partial charge in [-0.1, -0.05) is 48.5 Å². The zero-order chi connectivity index (χ0) is 18.0. The molecule has 130 valence electrons. The average molecular weight is 345 g/mol. The quantitative estimate of drug-likeness (QED) is 0.577. The maximum atomic E-state index is 12.8. The lowest BCUT2D eigenvalue weighted by Crippen LogP contribution is -2.12. The molecule has 0 bridgehead atoms. The number of alkyl halides is 3. The molecule has 25 heavy (non-hydrogen) atoms. The van der Waals surface area contributed by atoms with Gasteiger partial charge in [0.1, 0.15) is 0 Å². The number of rotatable bonds is 4. The molecular weight excluding hydrogens is 327 g/mol. The van der Waals surface area contributed by atoms with Gasteiger partial charge in [-0.25, -0.2) is 0 Å². The Hall–Kier alpha value is -2.37. The van der Waals surface area contributed by atoms with Crippen molar-refractivity contribution < 1.29 is 18.0 Å². The van der Waals surface area contributed by atoms with Gasteiger partial charge in [-0.15, -0.1) is 0 Å². The molecule has 0 spiro atoms. The number of benzene rings is 3. The van der Waals surface area contributed by atoms with Crippen LogP contribution in [0.4, 0.5) is 13.2 Å². The minimum Gasteiger partial charge on any atom is -0.295 e. The van der Waals surface area contributed by atoms with E-state index in [9.17, 15) is 13.2 Å². The van der Waals surface area contributed by atoms with Crippen molar-refractivity contribution in [3.05, 3.63) is 71.8 Å². The Labute approximate surface area is 144 Å². The van der Waals surface area contributed by atoms with E-state index in [2.05, 4.69) is 0 Å². The molecule has 0 unspecified atom stereocenters. The molecule has 3 rings (SSSR count). The topological polar surface area (TPSA) is 12.5 Å². The predicted octanol–water partition coefficient (Wildman–Crippen LogP) is 5.52. The van der Waals surface area contributed by atoms with Crippen molar-refractivity contribution in [1.82, 2.24) is 5.06 Å². The lowest BCUT2D eigenvalue weighted by atomic mass is 9.94. The van der Waals surface area contributed by atoms with Crippen molar-refractivity contribution in [2.75, 3.05) is 14.1 Å². The van der Waals surface area contributed by atoms with Gasteiger partial charge in [-0.3, -0.25) is 4.84 Å². The van der Waals surface area contributed by atoms with Crippen LogP contribution < -0.4 is 0 Å². The number of hydroxylamine groups is 2. The van der Waals surface area contributed by atoms with Crippen LogP contribution in [0.2, 0.25) is 0 Å². The Balaban J connectivity index is 2.10. The van der Waals surface area contributed by atoms with Gasteiger partial charge < -0.3 is 0 Å². The average Bonchev–Trinajstić information content (AvgIpc) is 2.58. The zero-order valence-electron chi connectivity index (χ0n) is 14.0. The van der Waals surface area contributed by atoms with E-state index >= 15 is 0 Å². The lowest BCUT2D eigenvalue weighted by molar-refractivity contribution is -0.137. The Bertz CT molecular complexity index is 870. The van der Waals surface area contributed by atoms with E-state index in [1.54, 1.807) is 19.2 Å². The highest BCUT2D eigenvalue weighted by molar-refractivity contribution is 5.91. The summed E-state index contributed by atoms with van der Waals surface area (Å²) in [6.07, 6.45) is -4.33. The minimum atomic E-state index is -4.33. The summed E-state index contributed by atoms with van der Waals surface area (Å²) in [5.74, 6) is 0. The van der Waals surface area contributed by atoms with E-state index < -0.39 is 11.7 Å². The van der Waals surface area contributed by atoms with Gasteiger partial charge in [0, 0.05) is 14.1 Å². The first-order valence-corrected chi connectivity index (χ1v) is 7.85. The maximum absolute atomic E-state index is 12.8. The summed E-state index contributed by atoms with van der Waals surface area (Å²) in [5, 5.41) is 3.70. The fraction of sp³-hybridized carbons (Fsp3) is 0.200. The first-order valence-electron chi connectivity index (χ1n) is 7.85. The van der Waals surface area contributed by atoms with E-state index in [0.717, 1.165) is 39.6 Å². The van der Waals surface area contributed by atoms with Crippen LogP contribution in [-0.2, 0) is 17.6 Å². The minimum absolute atomic E-state index is 0.338. The Morgan fingerprint density at radius 1 is 0.880 bits per heavy atom. The van der Waals surface area contributed by atoms with Crippen LogP contribution in [0.25, 0.3) is 21.9 Å². The molecule has 3 aromatic carbocycles. The van der Waals surface area contributed by atoms with Crippen molar-refractivity contribution >= 4 is 10.8 Å². The number of hydrogen-bond acceptors (Lipinski definition) is 2. The molecule has 5 heteroatoms. The van der Waals surface area contributed by atoms with Gasteiger partial charge in [0.15, 0.2) is 0 Å². The first kappa shape index (κ1) is 17.5. The zero-order valence-corrected chi connectivity index (χ0v) is 14.0. The summed E-state index contributed by atoms with van der Waals surface area (Å²) in [6.45, 7) is 0.338. The molecule has 0 atom stereocenters. The third-order valence-electron chi connectivity index (χ3n) is 4.03. The summed E-state index contributed by atoms with van der Waals surface area (Å²) in [6, 6.07) is 17.0. The van der Waals surface area contributed by atoms with E-state index in [4.69, 9.17) is 4.84 Å². The fourth-order valence-electron chi connectivity index (χ4n) is 2.79. The van der Waals surface area contributed by atoms with E-state index in [-0.39, 0.29) is 0 Å². The molecule has 0 amide bonds. The molecular formula is C20H18F3NO. The highest BCUT2D eigenvalue weighted by Crippen LogP contribution is 2.34. The monoisotopic (exact) mass is 345 g/mol. The SMILES string of the molecule is CN(C)OCc1c(-c2ccc(C(F)(F)F)cc2)ccc2ccccc12. The normalized spacial score (nSPS) is 12.1. The number of fused-ring (bicyclic) bond motifs is 1. The van der Waals surface area contributed by atoms with Crippen LogP contribution in [-0.4, -0.2) is 19.2 Å².